The van der Waals surface area contributed by atoms with Crippen LogP contribution in [0.4, 0.5) is 4.79 Å². The normalized spacial score (nSPS) is 20.5. The van der Waals surface area contributed by atoms with E-state index in [1.807, 2.05) is 27.7 Å². The number of aryl methyl sites for hydroxylation is 1. The van der Waals surface area contributed by atoms with Gasteiger partial charge in [0.05, 0.1) is 21.7 Å². The highest BCUT2D eigenvalue weighted by molar-refractivity contribution is 7.85. The molecule has 1 aliphatic heterocycles. The molecular formula is C15H23N3O3S. The molecule has 0 bridgehead atoms. The molecule has 1 fully saturated rings. The zero-order valence-corrected chi connectivity index (χ0v) is 14.4. The number of carbonyl (C=O) groups is 1. The third kappa shape index (κ3) is 4.50. The third-order valence-corrected chi connectivity index (χ3v) is 4.93. The van der Waals surface area contributed by atoms with Crippen LogP contribution >= 0.6 is 0 Å². The second-order valence-corrected chi connectivity index (χ2v) is 8.18. The molecule has 2 rings (SSSR count). The average Bonchev–Trinajstić information content (AvgIpc) is 2.46. The number of likely N-dealkylation sites (tertiary alicyclic amines) is 1. The number of ether oxygens (including phenoxy) is 1. The van der Waals surface area contributed by atoms with Crippen LogP contribution in [-0.4, -0.2) is 49.3 Å². The second-order valence-electron chi connectivity index (χ2n) is 6.50. The lowest BCUT2D eigenvalue weighted by Gasteiger charge is -2.33. The molecule has 0 aromatic carbocycles. The number of hydrogen-bond acceptors (Lipinski definition) is 5. The molecule has 1 amide bonds. The molecule has 22 heavy (non-hydrogen) atoms. The first-order valence-electron chi connectivity index (χ1n) is 7.45. The maximum absolute atomic E-state index is 12.6. The van der Waals surface area contributed by atoms with Crippen LogP contribution in [0.15, 0.2) is 17.2 Å². The molecule has 0 saturated carbocycles. The number of carbonyl (C=O) groups excluding carboxylic acids is 1. The number of hydrogen-bond donors (Lipinski definition) is 0. The van der Waals surface area contributed by atoms with Gasteiger partial charge in [0, 0.05) is 13.1 Å². The van der Waals surface area contributed by atoms with Crippen molar-refractivity contribution in [1.82, 2.24) is 15.1 Å². The van der Waals surface area contributed by atoms with Gasteiger partial charge in [-0.1, -0.05) is 0 Å². The van der Waals surface area contributed by atoms with E-state index in [1.54, 1.807) is 17.0 Å². The van der Waals surface area contributed by atoms with Crippen molar-refractivity contribution in [3.05, 3.63) is 17.8 Å². The molecule has 0 aliphatic carbocycles. The first kappa shape index (κ1) is 16.9. The van der Waals surface area contributed by atoms with Crippen LogP contribution < -0.4 is 0 Å². The van der Waals surface area contributed by atoms with Gasteiger partial charge in [0.1, 0.15) is 10.6 Å². The summed E-state index contributed by atoms with van der Waals surface area (Å²) in [5, 5.41) is 8.29. The molecule has 1 saturated heterocycles. The topological polar surface area (TPSA) is 72.4 Å². The molecule has 0 radical (unpaired) electrons. The Kier molecular flexibility index (Phi) is 5.16. The zero-order valence-electron chi connectivity index (χ0n) is 13.5. The van der Waals surface area contributed by atoms with Gasteiger partial charge in [0.2, 0.25) is 0 Å². The lowest BCUT2D eigenvalue weighted by Crippen LogP contribution is -2.45. The van der Waals surface area contributed by atoms with Gasteiger partial charge in [0.25, 0.3) is 0 Å². The fourth-order valence-electron chi connectivity index (χ4n) is 2.27. The van der Waals surface area contributed by atoms with Gasteiger partial charge in [-0.25, -0.2) is 4.79 Å². The number of piperidine rings is 1. The summed E-state index contributed by atoms with van der Waals surface area (Å²) in [6.45, 7) is 8.43. The van der Waals surface area contributed by atoms with Crippen LogP contribution in [0, 0.1) is 6.92 Å². The van der Waals surface area contributed by atoms with Crippen molar-refractivity contribution < 1.29 is 13.7 Å². The Labute approximate surface area is 133 Å². The Hall–Kier alpha value is -1.50. The fraction of sp³-hybridized carbons (Fsp3) is 0.667. The highest BCUT2D eigenvalue weighted by atomic mass is 32.2. The van der Waals surface area contributed by atoms with Crippen molar-refractivity contribution in [2.24, 2.45) is 0 Å². The molecule has 6 nitrogen and oxygen atoms in total. The van der Waals surface area contributed by atoms with Crippen LogP contribution in [0.2, 0.25) is 0 Å². The van der Waals surface area contributed by atoms with Crippen molar-refractivity contribution in [2.75, 3.05) is 13.1 Å². The molecule has 2 heterocycles. The fourth-order valence-corrected chi connectivity index (χ4v) is 3.63. The molecule has 0 N–H and O–H groups in total. The Balaban J connectivity index is 2.02. The van der Waals surface area contributed by atoms with Crippen molar-refractivity contribution >= 4 is 16.9 Å². The number of nitrogens with zero attached hydrogens (tertiary/aromatic N) is 3. The maximum Gasteiger partial charge on any atom is 0.410 e. The molecular weight excluding hydrogens is 302 g/mol. The van der Waals surface area contributed by atoms with Gasteiger partial charge in [-0.2, -0.15) is 5.10 Å². The van der Waals surface area contributed by atoms with Crippen LogP contribution in [0.25, 0.3) is 0 Å². The van der Waals surface area contributed by atoms with E-state index in [2.05, 4.69) is 10.2 Å². The van der Waals surface area contributed by atoms with Gasteiger partial charge < -0.3 is 9.64 Å². The highest BCUT2D eigenvalue weighted by Crippen LogP contribution is 2.21. The maximum atomic E-state index is 12.6. The van der Waals surface area contributed by atoms with E-state index in [1.165, 1.54) is 0 Å². The molecule has 1 aromatic heterocycles. The highest BCUT2D eigenvalue weighted by Gasteiger charge is 2.31. The van der Waals surface area contributed by atoms with E-state index in [4.69, 9.17) is 4.74 Å². The molecule has 0 unspecified atom stereocenters. The summed E-state index contributed by atoms with van der Waals surface area (Å²) in [5.74, 6) is 0. The molecule has 122 valence electrons. The minimum Gasteiger partial charge on any atom is -0.444 e. The summed E-state index contributed by atoms with van der Waals surface area (Å²) in [5.41, 5.74) is 0.269. The minimum absolute atomic E-state index is 0.127. The monoisotopic (exact) mass is 325 g/mol. The van der Waals surface area contributed by atoms with E-state index in [-0.39, 0.29) is 11.3 Å². The quantitative estimate of drug-likeness (QED) is 0.834. The summed E-state index contributed by atoms with van der Waals surface area (Å²) in [6, 6.07) is 3.54. The lowest BCUT2D eigenvalue weighted by molar-refractivity contribution is 0.0219. The predicted octanol–water partition coefficient (Wildman–Crippen LogP) is 2.29. The van der Waals surface area contributed by atoms with E-state index in [9.17, 15) is 9.00 Å². The van der Waals surface area contributed by atoms with Crippen LogP contribution in [0.3, 0.4) is 0 Å². The number of rotatable bonds is 2. The lowest BCUT2D eigenvalue weighted by atomic mass is 10.1. The van der Waals surface area contributed by atoms with E-state index in [0.29, 0.717) is 18.1 Å². The van der Waals surface area contributed by atoms with Gasteiger partial charge in [-0.15, -0.1) is 5.10 Å². The Morgan fingerprint density at radius 2 is 2.09 bits per heavy atom. The molecule has 0 spiro atoms. The van der Waals surface area contributed by atoms with Crippen molar-refractivity contribution in [1.29, 1.82) is 0 Å². The summed E-state index contributed by atoms with van der Waals surface area (Å²) in [7, 11) is -1.26. The average molecular weight is 325 g/mol. The Morgan fingerprint density at radius 3 is 2.68 bits per heavy atom. The summed E-state index contributed by atoms with van der Waals surface area (Å²) in [4.78, 5) is 13.8. The second kappa shape index (κ2) is 6.73. The third-order valence-electron chi connectivity index (χ3n) is 3.31. The minimum atomic E-state index is -1.26. The van der Waals surface area contributed by atoms with E-state index >= 15 is 0 Å². The molecule has 1 aromatic rings. The van der Waals surface area contributed by atoms with Crippen LogP contribution in [-0.2, 0) is 15.5 Å². The molecule has 2 atom stereocenters. The largest absolute Gasteiger partial charge is 0.444 e. The zero-order chi connectivity index (χ0) is 16.3. The number of aromatic nitrogens is 2. The van der Waals surface area contributed by atoms with Gasteiger partial charge in [0.15, 0.2) is 0 Å². The van der Waals surface area contributed by atoms with E-state index in [0.717, 1.165) is 18.5 Å². The van der Waals surface area contributed by atoms with Gasteiger partial charge >= 0.3 is 6.09 Å². The van der Waals surface area contributed by atoms with Gasteiger partial charge in [-0.3, -0.25) is 4.21 Å². The van der Waals surface area contributed by atoms with Crippen LogP contribution in [0.1, 0.15) is 39.3 Å². The predicted molar refractivity (Wildman–Crippen MR) is 84.0 cm³/mol. The molecule has 7 heteroatoms. The Bertz CT molecular complexity index is 554. The SMILES string of the molecule is Cc1ccc([S@](=O)[C@H]2CCCN(C(=O)OC(C)(C)C)C2)nn1. The standard InChI is InChI=1S/C15H23N3O3S/c1-11-7-8-13(17-16-11)22(20)12-6-5-9-18(10-12)14(19)21-15(2,3)4/h7-8,12H,5-6,9-10H2,1-4H3/t12-,22+/m0/s1. The summed E-state index contributed by atoms with van der Waals surface area (Å²) >= 11 is 0. The Morgan fingerprint density at radius 1 is 1.36 bits per heavy atom. The van der Waals surface area contributed by atoms with E-state index < -0.39 is 16.4 Å². The smallest absolute Gasteiger partial charge is 0.410 e. The van der Waals surface area contributed by atoms with Crippen LogP contribution in [0.5, 0.6) is 0 Å². The molecule has 1 aliphatic rings. The van der Waals surface area contributed by atoms with Crippen molar-refractivity contribution in [3.8, 4) is 0 Å². The van der Waals surface area contributed by atoms with Crippen molar-refractivity contribution in [2.45, 2.75) is 56.4 Å². The van der Waals surface area contributed by atoms with Crippen molar-refractivity contribution in [3.63, 3.8) is 0 Å². The summed E-state index contributed by atoms with van der Waals surface area (Å²) in [6.07, 6.45) is 1.28. The first-order valence-corrected chi connectivity index (χ1v) is 8.66. The first-order chi connectivity index (χ1) is 10.3. The van der Waals surface area contributed by atoms with Gasteiger partial charge in [-0.05, 0) is 52.7 Å². The number of amides is 1. The summed E-state index contributed by atoms with van der Waals surface area (Å²) < 4.78 is 18.0.